The molecule has 1 aromatic rings. The normalized spacial score (nSPS) is 14.1. The Bertz CT molecular complexity index is 449. The van der Waals surface area contributed by atoms with E-state index in [4.69, 9.17) is 5.73 Å². The van der Waals surface area contributed by atoms with Crippen molar-refractivity contribution in [2.45, 2.75) is 33.0 Å². The third-order valence-corrected chi connectivity index (χ3v) is 2.54. The highest BCUT2D eigenvalue weighted by Crippen LogP contribution is 2.28. The van der Waals surface area contributed by atoms with E-state index in [0.29, 0.717) is 0 Å². The Morgan fingerprint density at radius 3 is 2.26 bits per heavy atom. The van der Waals surface area contributed by atoms with Gasteiger partial charge in [0.25, 0.3) is 0 Å². The molecule has 1 aromatic heterocycles. The molecule has 19 heavy (non-hydrogen) atoms. The average Bonchev–Trinajstić information content (AvgIpc) is 2.26. The number of rotatable bonds is 2. The largest absolute Gasteiger partial charge is 0.433 e. The molecular formula is C12H16F3N3O. The van der Waals surface area contributed by atoms with E-state index in [1.807, 2.05) is 0 Å². The molecule has 7 heteroatoms. The third kappa shape index (κ3) is 4.20. The minimum Gasteiger partial charge on any atom is -0.323 e. The van der Waals surface area contributed by atoms with Crippen molar-refractivity contribution in [3.8, 4) is 0 Å². The summed E-state index contributed by atoms with van der Waals surface area (Å²) in [6.07, 6.45) is -3.54. The van der Waals surface area contributed by atoms with Gasteiger partial charge in [-0.1, -0.05) is 20.8 Å². The average molecular weight is 275 g/mol. The van der Waals surface area contributed by atoms with Gasteiger partial charge in [-0.15, -0.1) is 0 Å². The van der Waals surface area contributed by atoms with Crippen LogP contribution in [0.1, 0.15) is 26.5 Å². The lowest BCUT2D eigenvalue weighted by molar-refractivity contribution is -0.141. The van der Waals surface area contributed by atoms with Crippen LogP contribution in [0.4, 0.5) is 18.9 Å². The van der Waals surface area contributed by atoms with E-state index in [1.165, 1.54) is 0 Å². The Hall–Kier alpha value is -1.63. The standard InChI is InChI=1S/C12H16F3N3O/c1-11(2,3)9(16)10(19)18-7-4-5-8(17-6-7)12(13,14)15/h4-6,9H,16H2,1-3H3,(H,18,19). The Morgan fingerprint density at radius 2 is 1.89 bits per heavy atom. The highest BCUT2D eigenvalue weighted by atomic mass is 19.4. The predicted molar refractivity (Wildman–Crippen MR) is 65.3 cm³/mol. The van der Waals surface area contributed by atoms with Crippen LogP contribution in [-0.2, 0) is 11.0 Å². The Balaban J connectivity index is 2.77. The first-order valence-corrected chi connectivity index (χ1v) is 5.61. The maximum Gasteiger partial charge on any atom is 0.433 e. The molecule has 1 atom stereocenters. The van der Waals surface area contributed by atoms with Crippen LogP contribution in [0.25, 0.3) is 0 Å². The van der Waals surface area contributed by atoms with Crippen LogP contribution in [0.2, 0.25) is 0 Å². The number of anilines is 1. The predicted octanol–water partition coefficient (Wildman–Crippen LogP) is 2.41. The molecule has 106 valence electrons. The van der Waals surface area contributed by atoms with E-state index in [-0.39, 0.29) is 5.69 Å². The molecule has 1 unspecified atom stereocenters. The van der Waals surface area contributed by atoms with Crippen molar-refractivity contribution in [3.63, 3.8) is 0 Å². The number of hydrogen-bond donors (Lipinski definition) is 2. The van der Waals surface area contributed by atoms with Crippen LogP contribution >= 0.6 is 0 Å². The van der Waals surface area contributed by atoms with Gasteiger partial charge in [-0.2, -0.15) is 13.2 Å². The van der Waals surface area contributed by atoms with Gasteiger partial charge in [-0.25, -0.2) is 4.98 Å². The summed E-state index contributed by atoms with van der Waals surface area (Å²) in [7, 11) is 0. The van der Waals surface area contributed by atoms with Crippen molar-refractivity contribution >= 4 is 11.6 Å². The molecular weight excluding hydrogens is 259 g/mol. The fraction of sp³-hybridized carbons (Fsp3) is 0.500. The molecule has 0 bridgehead atoms. The summed E-state index contributed by atoms with van der Waals surface area (Å²) < 4.78 is 36.9. The molecule has 3 N–H and O–H groups in total. The van der Waals surface area contributed by atoms with Crippen molar-refractivity contribution in [3.05, 3.63) is 24.0 Å². The summed E-state index contributed by atoms with van der Waals surface area (Å²) in [5, 5.41) is 2.43. The number of aromatic nitrogens is 1. The van der Waals surface area contributed by atoms with Crippen LogP contribution in [0.3, 0.4) is 0 Å². The van der Waals surface area contributed by atoms with Crippen LogP contribution in [0, 0.1) is 5.41 Å². The summed E-state index contributed by atoms with van der Waals surface area (Å²) >= 11 is 0. The number of nitrogens with one attached hydrogen (secondary N) is 1. The first-order valence-electron chi connectivity index (χ1n) is 5.61. The van der Waals surface area contributed by atoms with E-state index in [9.17, 15) is 18.0 Å². The zero-order valence-electron chi connectivity index (χ0n) is 10.9. The van der Waals surface area contributed by atoms with Gasteiger partial charge < -0.3 is 11.1 Å². The van der Waals surface area contributed by atoms with Crippen molar-refractivity contribution in [1.29, 1.82) is 0 Å². The van der Waals surface area contributed by atoms with Crippen LogP contribution in [-0.4, -0.2) is 16.9 Å². The zero-order chi connectivity index (χ0) is 14.8. The number of amides is 1. The maximum absolute atomic E-state index is 12.3. The van der Waals surface area contributed by atoms with Gasteiger partial charge in [-0.05, 0) is 17.5 Å². The number of pyridine rings is 1. The molecule has 0 radical (unpaired) electrons. The molecule has 0 fully saturated rings. The van der Waals surface area contributed by atoms with Gasteiger partial charge >= 0.3 is 6.18 Å². The minimum atomic E-state index is -4.50. The van der Waals surface area contributed by atoms with Gasteiger partial charge in [0, 0.05) is 0 Å². The topological polar surface area (TPSA) is 68.0 Å². The molecule has 1 rings (SSSR count). The second-order valence-corrected chi connectivity index (χ2v) is 5.26. The molecule has 0 aliphatic carbocycles. The fourth-order valence-electron chi connectivity index (χ4n) is 1.25. The number of alkyl halides is 3. The second-order valence-electron chi connectivity index (χ2n) is 5.26. The molecule has 4 nitrogen and oxygen atoms in total. The lowest BCUT2D eigenvalue weighted by Crippen LogP contribution is -2.45. The second kappa shape index (κ2) is 5.16. The van der Waals surface area contributed by atoms with Crippen molar-refractivity contribution in [1.82, 2.24) is 4.98 Å². The van der Waals surface area contributed by atoms with Gasteiger partial charge in [0.15, 0.2) is 0 Å². The summed E-state index contributed by atoms with van der Waals surface area (Å²) in [4.78, 5) is 15.0. The van der Waals surface area contributed by atoms with Crippen LogP contribution < -0.4 is 11.1 Å². The van der Waals surface area contributed by atoms with Gasteiger partial charge in [0.2, 0.25) is 5.91 Å². The molecule has 0 aliphatic heterocycles. The quantitative estimate of drug-likeness (QED) is 0.871. The van der Waals surface area contributed by atoms with Gasteiger partial charge in [0.1, 0.15) is 5.69 Å². The molecule has 0 saturated heterocycles. The Kier molecular flexibility index (Phi) is 4.19. The van der Waals surface area contributed by atoms with Gasteiger partial charge in [-0.3, -0.25) is 4.79 Å². The van der Waals surface area contributed by atoms with Crippen molar-refractivity contribution < 1.29 is 18.0 Å². The van der Waals surface area contributed by atoms with E-state index in [2.05, 4.69) is 10.3 Å². The van der Waals surface area contributed by atoms with E-state index in [1.54, 1.807) is 20.8 Å². The zero-order valence-corrected chi connectivity index (χ0v) is 10.9. The number of nitrogens with zero attached hydrogens (tertiary/aromatic N) is 1. The SMILES string of the molecule is CC(C)(C)C(N)C(=O)Nc1ccc(C(F)(F)F)nc1. The molecule has 0 aliphatic rings. The van der Waals surface area contributed by atoms with E-state index in [0.717, 1.165) is 18.3 Å². The molecule has 0 saturated carbocycles. The lowest BCUT2D eigenvalue weighted by atomic mass is 9.87. The molecule has 1 amide bonds. The third-order valence-electron chi connectivity index (χ3n) is 2.54. The van der Waals surface area contributed by atoms with Crippen LogP contribution in [0.5, 0.6) is 0 Å². The maximum atomic E-state index is 12.3. The summed E-state index contributed by atoms with van der Waals surface area (Å²) in [5.74, 6) is -0.464. The fourth-order valence-corrected chi connectivity index (χ4v) is 1.25. The first-order chi connectivity index (χ1) is 8.51. The minimum absolute atomic E-state index is 0.178. The Labute approximate surface area is 109 Å². The number of hydrogen-bond acceptors (Lipinski definition) is 3. The molecule has 1 heterocycles. The number of halogens is 3. The Morgan fingerprint density at radius 1 is 1.32 bits per heavy atom. The molecule has 0 aromatic carbocycles. The monoisotopic (exact) mass is 275 g/mol. The van der Waals surface area contributed by atoms with E-state index < -0.39 is 29.2 Å². The van der Waals surface area contributed by atoms with Crippen LogP contribution in [0.15, 0.2) is 18.3 Å². The highest BCUT2D eigenvalue weighted by molar-refractivity contribution is 5.95. The van der Waals surface area contributed by atoms with E-state index >= 15 is 0 Å². The lowest BCUT2D eigenvalue weighted by Gasteiger charge is -2.25. The number of nitrogens with two attached hydrogens (primary N) is 1. The smallest absolute Gasteiger partial charge is 0.323 e. The summed E-state index contributed by atoms with van der Waals surface area (Å²) in [5.41, 5.74) is 4.46. The first kappa shape index (κ1) is 15.4. The number of carbonyl (C=O) groups is 1. The van der Waals surface area contributed by atoms with Gasteiger partial charge in [0.05, 0.1) is 17.9 Å². The summed E-state index contributed by atoms with van der Waals surface area (Å²) in [6.45, 7) is 5.38. The van der Waals surface area contributed by atoms with Crippen molar-refractivity contribution in [2.24, 2.45) is 11.1 Å². The highest BCUT2D eigenvalue weighted by Gasteiger charge is 2.32. The number of carbonyl (C=O) groups excluding carboxylic acids is 1. The molecule has 0 spiro atoms. The van der Waals surface area contributed by atoms with Crippen molar-refractivity contribution in [2.75, 3.05) is 5.32 Å². The summed E-state index contributed by atoms with van der Waals surface area (Å²) in [6, 6.07) is 1.18.